The molecule has 0 spiro atoms. The highest BCUT2D eigenvalue weighted by molar-refractivity contribution is 5.72. The summed E-state index contributed by atoms with van der Waals surface area (Å²) in [6, 6.07) is 17.7. The predicted molar refractivity (Wildman–Crippen MR) is 160 cm³/mol. The van der Waals surface area contributed by atoms with Crippen molar-refractivity contribution in [2.45, 2.75) is 97.3 Å². The molecule has 3 aromatic rings. The second kappa shape index (κ2) is 17.7. The Morgan fingerprint density at radius 1 is 0.436 bits per heavy atom. The molecular formula is C35H46F2O2. The van der Waals surface area contributed by atoms with E-state index in [1.165, 1.54) is 64.2 Å². The number of ether oxygens (including phenoxy) is 2. The fraction of sp³-hybridized carbons (Fsp3) is 0.486. The molecular weight excluding hydrogens is 490 g/mol. The molecule has 3 aromatic carbocycles. The van der Waals surface area contributed by atoms with Gasteiger partial charge in [-0.1, -0.05) is 121 Å². The van der Waals surface area contributed by atoms with E-state index in [2.05, 4.69) is 13.8 Å². The van der Waals surface area contributed by atoms with Crippen LogP contribution in [0.1, 0.15) is 97.3 Å². The average molecular weight is 537 g/mol. The normalized spacial score (nSPS) is 11.1. The van der Waals surface area contributed by atoms with Crippen molar-refractivity contribution in [2.24, 2.45) is 0 Å². The number of hydrogen-bond donors (Lipinski definition) is 0. The first-order valence-corrected chi connectivity index (χ1v) is 15.1. The lowest BCUT2D eigenvalue weighted by Gasteiger charge is -2.11. The van der Waals surface area contributed by atoms with Crippen molar-refractivity contribution < 1.29 is 18.3 Å². The maximum absolute atomic E-state index is 15.1. The third kappa shape index (κ3) is 10.3. The highest BCUT2D eigenvalue weighted by atomic mass is 19.2. The smallest absolute Gasteiger partial charge is 0.167 e. The molecule has 0 aromatic heterocycles. The van der Waals surface area contributed by atoms with E-state index in [1.54, 1.807) is 36.4 Å². The van der Waals surface area contributed by atoms with Gasteiger partial charge in [-0.15, -0.1) is 0 Å². The number of halogens is 2. The Hall–Kier alpha value is -2.88. The zero-order valence-corrected chi connectivity index (χ0v) is 24.0. The third-order valence-electron chi connectivity index (χ3n) is 7.20. The minimum absolute atomic E-state index is 0.243. The van der Waals surface area contributed by atoms with Gasteiger partial charge in [-0.3, -0.25) is 0 Å². The molecule has 0 radical (unpaired) electrons. The minimum atomic E-state index is -0.841. The molecule has 0 amide bonds. The maximum atomic E-state index is 15.1. The van der Waals surface area contributed by atoms with Crippen molar-refractivity contribution in [3.05, 3.63) is 72.3 Å². The van der Waals surface area contributed by atoms with Gasteiger partial charge in [0.2, 0.25) is 0 Å². The average Bonchev–Trinajstić information content (AvgIpc) is 2.96. The van der Waals surface area contributed by atoms with Gasteiger partial charge in [-0.25, -0.2) is 8.78 Å². The molecule has 0 heterocycles. The second-order valence-corrected chi connectivity index (χ2v) is 10.4. The fourth-order valence-corrected chi connectivity index (χ4v) is 4.78. The molecule has 0 saturated heterocycles. The first-order chi connectivity index (χ1) is 19.1. The Morgan fingerprint density at radius 2 is 0.769 bits per heavy atom. The van der Waals surface area contributed by atoms with Crippen molar-refractivity contribution in [1.29, 1.82) is 0 Å². The molecule has 0 aliphatic carbocycles. The molecule has 2 nitrogen and oxygen atoms in total. The lowest BCUT2D eigenvalue weighted by molar-refractivity contribution is 0.304. The Balaban J connectivity index is 1.49. The van der Waals surface area contributed by atoms with Crippen molar-refractivity contribution in [3.8, 4) is 33.8 Å². The summed E-state index contributed by atoms with van der Waals surface area (Å²) >= 11 is 0. The van der Waals surface area contributed by atoms with E-state index >= 15 is 8.78 Å². The summed E-state index contributed by atoms with van der Waals surface area (Å²) in [6.45, 7) is 5.78. The van der Waals surface area contributed by atoms with E-state index in [9.17, 15) is 0 Å². The van der Waals surface area contributed by atoms with Crippen LogP contribution in [-0.4, -0.2) is 13.2 Å². The SMILES string of the molecule is CCCCCCCCCCOc1ccc(-c2ccc(-c3ccc(OCCCCCCC)cc3)c(F)c2F)cc1. The van der Waals surface area contributed by atoms with Crippen molar-refractivity contribution in [1.82, 2.24) is 0 Å². The van der Waals surface area contributed by atoms with Crippen LogP contribution in [0.2, 0.25) is 0 Å². The topological polar surface area (TPSA) is 18.5 Å². The summed E-state index contributed by atoms with van der Waals surface area (Å²) in [4.78, 5) is 0. The highest BCUT2D eigenvalue weighted by Crippen LogP contribution is 2.33. The van der Waals surface area contributed by atoms with Gasteiger partial charge in [0.25, 0.3) is 0 Å². The third-order valence-corrected chi connectivity index (χ3v) is 7.20. The number of rotatable bonds is 19. The standard InChI is InChI=1S/C35H46F2O2/c1-3-5-7-9-10-11-13-15-27-39-31-22-18-29(19-23-31)33-25-24-32(34(36)35(33)37)28-16-20-30(21-17-28)38-26-14-12-8-6-4-2/h16-25H,3-15,26-27H2,1-2H3. The first kappa shape index (κ1) is 30.7. The molecule has 0 atom stereocenters. The zero-order chi connectivity index (χ0) is 27.7. The number of unbranched alkanes of at least 4 members (excludes halogenated alkanes) is 11. The molecule has 4 heteroatoms. The Bertz CT molecular complexity index is 1080. The molecule has 39 heavy (non-hydrogen) atoms. The van der Waals surface area contributed by atoms with Gasteiger partial charge in [0.05, 0.1) is 13.2 Å². The molecule has 0 fully saturated rings. The van der Waals surface area contributed by atoms with Crippen LogP contribution in [0, 0.1) is 11.6 Å². The van der Waals surface area contributed by atoms with E-state index in [0.717, 1.165) is 30.8 Å². The van der Waals surface area contributed by atoms with Crippen molar-refractivity contribution in [2.75, 3.05) is 13.2 Å². The Labute approximate surface area is 234 Å². The summed E-state index contributed by atoms with van der Waals surface area (Å²) in [7, 11) is 0. The number of hydrogen-bond acceptors (Lipinski definition) is 2. The van der Waals surface area contributed by atoms with E-state index in [1.807, 2.05) is 24.3 Å². The molecule has 0 unspecified atom stereocenters. The molecule has 212 valence electrons. The zero-order valence-electron chi connectivity index (χ0n) is 24.0. The molecule has 0 aliphatic rings. The van der Waals surface area contributed by atoms with Crippen LogP contribution >= 0.6 is 0 Å². The van der Waals surface area contributed by atoms with Crippen LogP contribution in [0.4, 0.5) is 8.78 Å². The summed E-state index contributed by atoms with van der Waals surface area (Å²) in [6.07, 6.45) is 16.0. The summed E-state index contributed by atoms with van der Waals surface area (Å²) < 4.78 is 41.8. The highest BCUT2D eigenvalue weighted by Gasteiger charge is 2.16. The quantitative estimate of drug-likeness (QED) is 0.142. The van der Waals surface area contributed by atoms with Gasteiger partial charge in [-0.2, -0.15) is 0 Å². The van der Waals surface area contributed by atoms with E-state index in [0.29, 0.717) is 24.3 Å². The summed E-state index contributed by atoms with van der Waals surface area (Å²) in [5, 5.41) is 0. The molecule has 0 N–H and O–H groups in total. The van der Waals surface area contributed by atoms with Crippen LogP contribution in [0.25, 0.3) is 22.3 Å². The Kier molecular flexibility index (Phi) is 13.9. The predicted octanol–water partition coefficient (Wildman–Crippen LogP) is 11.2. The van der Waals surface area contributed by atoms with Gasteiger partial charge in [0.1, 0.15) is 11.5 Å². The Morgan fingerprint density at radius 3 is 1.13 bits per heavy atom. The first-order valence-electron chi connectivity index (χ1n) is 15.1. The lowest BCUT2D eigenvalue weighted by atomic mass is 9.98. The fourth-order valence-electron chi connectivity index (χ4n) is 4.78. The summed E-state index contributed by atoms with van der Waals surface area (Å²) in [5.74, 6) is -0.182. The monoisotopic (exact) mass is 536 g/mol. The van der Waals surface area contributed by atoms with Crippen molar-refractivity contribution >= 4 is 0 Å². The van der Waals surface area contributed by atoms with Crippen LogP contribution in [0.3, 0.4) is 0 Å². The van der Waals surface area contributed by atoms with Crippen LogP contribution in [-0.2, 0) is 0 Å². The van der Waals surface area contributed by atoms with Gasteiger partial charge in [-0.05, 0) is 48.2 Å². The molecule has 0 aliphatic heterocycles. The second-order valence-electron chi connectivity index (χ2n) is 10.4. The van der Waals surface area contributed by atoms with Gasteiger partial charge >= 0.3 is 0 Å². The van der Waals surface area contributed by atoms with E-state index < -0.39 is 11.6 Å². The van der Waals surface area contributed by atoms with Gasteiger partial charge < -0.3 is 9.47 Å². The maximum Gasteiger partial charge on any atom is 0.167 e. The van der Waals surface area contributed by atoms with Crippen LogP contribution < -0.4 is 9.47 Å². The minimum Gasteiger partial charge on any atom is -0.494 e. The molecule has 0 bridgehead atoms. The largest absolute Gasteiger partial charge is 0.494 e. The van der Waals surface area contributed by atoms with Crippen LogP contribution in [0.5, 0.6) is 11.5 Å². The van der Waals surface area contributed by atoms with Gasteiger partial charge in [0.15, 0.2) is 11.6 Å². The van der Waals surface area contributed by atoms with Gasteiger partial charge in [0, 0.05) is 11.1 Å². The van der Waals surface area contributed by atoms with Crippen LogP contribution in [0.15, 0.2) is 60.7 Å². The summed E-state index contributed by atoms with van der Waals surface area (Å²) in [5.41, 5.74) is 1.74. The van der Waals surface area contributed by atoms with E-state index in [-0.39, 0.29) is 11.1 Å². The van der Waals surface area contributed by atoms with E-state index in [4.69, 9.17) is 9.47 Å². The molecule has 0 saturated carbocycles. The number of benzene rings is 3. The molecule has 3 rings (SSSR count). The van der Waals surface area contributed by atoms with Crippen molar-refractivity contribution in [3.63, 3.8) is 0 Å². The lowest BCUT2D eigenvalue weighted by Crippen LogP contribution is -1.98.